The summed E-state index contributed by atoms with van der Waals surface area (Å²) in [5.74, 6) is 1.06. The van der Waals surface area contributed by atoms with E-state index in [2.05, 4.69) is 15.0 Å². The van der Waals surface area contributed by atoms with Crippen molar-refractivity contribution in [1.29, 1.82) is 0 Å². The highest BCUT2D eigenvalue weighted by Crippen LogP contribution is 2.26. The van der Waals surface area contributed by atoms with Gasteiger partial charge in [-0.25, -0.2) is 4.98 Å². The molecule has 0 aromatic carbocycles. The van der Waals surface area contributed by atoms with E-state index in [1.807, 2.05) is 6.92 Å². The molecule has 2 aromatic rings. The van der Waals surface area contributed by atoms with Gasteiger partial charge in [-0.15, -0.1) is 0 Å². The molecule has 0 N–H and O–H groups in total. The minimum atomic E-state index is -4.59. The zero-order valence-corrected chi connectivity index (χ0v) is 13.8. The van der Waals surface area contributed by atoms with Gasteiger partial charge in [0, 0.05) is 24.7 Å². The highest BCUT2D eigenvalue weighted by molar-refractivity contribution is 5.11. The van der Waals surface area contributed by atoms with E-state index in [1.54, 1.807) is 6.20 Å². The number of halogens is 3. The van der Waals surface area contributed by atoms with Crippen LogP contribution in [0.4, 0.5) is 13.2 Å². The van der Waals surface area contributed by atoms with Crippen LogP contribution in [0.25, 0.3) is 0 Å². The van der Waals surface area contributed by atoms with Crippen molar-refractivity contribution in [2.75, 3.05) is 13.1 Å². The number of hydrogen-bond acceptors (Lipinski definition) is 5. The van der Waals surface area contributed by atoms with Gasteiger partial charge in [0.05, 0.1) is 12.5 Å². The highest BCUT2D eigenvalue weighted by atomic mass is 19.4. The molecule has 0 radical (unpaired) electrons. The molecule has 1 aliphatic heterocycles. The number of nitrogens with zero attached hydrogens (tertiary/aromatic N) is 4. The summed E-state index contributed by atoms with van der Waals surface area (Å²) in [7, 11) is 0. The molecule has 3 heterocycles. The third-order valence-electron chi connectivity index (χ3n) is 4.58. The predicted octanol–water partition coefficient (Wildman–Crippen LogP) is 2.47. The molecule has 0 atom stereocenters. The van der Waals surface area contributed by atoms with Crippen molar-refractivity contribution in [1.82, 2.24) is 19.6 Å². The second-order valence-corrected chi connectivity index (χ2v) is 6.39. The average Bonchev–Trinajstić information content (AvgIpc) is 2.95. The fourth-order valence-corrected chi connectivity index (χ4v) is 3.03. The second kappa shape index (κ2) is 6.99. The molecule has 1 saturated heterocycles. The first-order chi connectivity index (χ1) is 11.8. The van der Waals surface area contributed by atoms with E-state index < -0.39 is 17.4 Å². The van der Waals surface area contributed by atoms with Gasteiger partial charge in [-0.05, 0) is 38.8 Å². The van der Waals surface area contributed by atoms with Crippen molar-refractivity contribution >= 4 is 0 Å². The van der Waals surface area contributed by atoms with Crippen molar-refractivity contribution in [2.45, 2.75) is 39.0 Å². The molecule has 0 saturated carbocycles. The number of likely N-dealkylation sites (tertiary alicyclic amines) is 1. The number of alkyl halides is 3. The minimum Gasteiger partial charge on any atom is -0.361 e. The van der Waals surface area contributed by atoms with E-state index in [0.29, 0.717) is 12.6 Å². The van der Waals surface area contributed by atoms with E-state index in [-0.39, 0.29) is 5.92 Å². The maximum Gasteiger partial charge on any atom is 0.433 e. The zero-order valence-electron chi connectivity index (χ0n) is 13.8. The number of aromatic nitrogens is 3. The molecule has 1 fully saturated rings. The number of piperidine rings is 1. The monoisotopic (exact) mass is 356 g/mol. The van der Waals surface area contributed by atoms with E-state index >= 15 is 0 Å². The molecule has 0 unspecified atom stereocenters. The molecule has 0 aliphatic carbocycles. The van der Waals surface area contributed by atoms with Gasteiger partial charge < -0.3 is 4.52 Å². The van der Waals surface area contributed by atoms with Crippen LogP contribution < -0.4 is 5.56 Å². The normalized spacial score (nSPS) is 17.1. The Hall–Kier alpha value is -2.16. The Labute approximate surface area is 142 Å². The van der Waals surface area contributed by atoms with Crippen LogP contribution in [0.15, 0.2) is 27.9 Å². The Balaban J connectivity index is 1.56. The van der Waals surface area contributed by atoms with Crippen molar-refractivity contribution in [3.05, 3.63) is 46.0 Å². The van der Waals surface area contributed by atoms with Crippen LogP contribution in [0, 0.1) is 12.8 Å². The minimum absolute atomic E-state index is 0.246. The van der Waals surface area contributed by atoms with Gasteiger partial charge in [0.1, 0.15) is 5.76 Å². The second-order valence-electron chi connectivity index (χ2n) is 6.39. The lowest BCUT2D eigenvalue weighted by atomic mass is 9.96. The molecular formula is C16H19F3N4O2. The zero-order chi connectivity index (χ0) is 18.0. The number of aryl methyl sites for hydroxylation is 1. The quantitative estimate of drug-likeness (QED) is 0.842. The summed E-state index contributed by atoms with van der Waals surface area (Å²) in [6, 6.07) is 0.559. The fraction of sp³-hybridized carbons (Fsp3) is 0.562. The fourth-order valence-electron chi connectivity index (χ4n) is 3.03. The SMILES string of the molecule is Cc1oncc1CN1CCC(Cn2cnc(C(F)(F)F)cc2=O)CC1. The highest BCUT2D eigenvalue weighted by Gasteiger charge is 2.33. The van der Waals surface area contributed by atoms with Crippen LogP contribution in [-0.2, 0) is 19.3 Å². The topological polar surface area (TPSA) is 64.2 Å². The van der Waals surface area contributed by atoms with Crippen molar-refractivity contribution in [3.63, 3.8) is 0 Å². The standard InChI is InChI=1S/C16H19F3N4O2/c1-11-13(7-21-25-11)9-22-4-2-12(3-5-22)8-23-10-20-14(6-15(23)24)16(17,18)19/h6-7,10,12H,2-5,8-9H2,1H3. The lowest BCUT2D eigenvalue weighted by Gasteiger charge is -2.31. The first-order valence-corrected chi connectivity index (χ1v) is 8.09. The molecule has 0 bridgehead atoms. The molecule has 25 heavy (non-hydrogen) atoms. The molecule has 0 spiro atoms. The summed E-state index contributed by atoms with van der Waals surface area (Å²) in [6.07, 6.45) is -0.133. The van der Waals surface area contributed by atoms with Gasteiger partial charge in [0.15, 0.2) is 5.69 Å². The van der Waals surface area contributed by atoms with Gasteiger partial charge in [-0.2, -0.15) is 13.2 Å². The lowest BCUT2D eigenvalue weighted by molar-refractivity contribution is -0.141. The van der Waals surface area contributed by atoms with Crippen molar-refractivity contribution in [3.8, 4) is 0 Å². The first kappa shape index (κ1) is 17.7. The van der Waals surface area contributed by atoms with Gasteiger partial charge in [0.2, 0.25) is 0 Å². The van der Waals surface area contributed by atoms with E-state index in [4.69, 9.17) is 4.52 Å². The number of hydrogen-bond donors (Lipinski definition) is 0. The summed E-state index contributed by atoms with van der Waals surface area (Å²) < 4.78 is 44.0. The van der Waals surface area contributed by atoms with Crippen LogP contribution >= 0.6 is 0 Å². The van der Waals surface area contributed by atoms with Crippen LogP contribution in [0.3, 0.4) is 0 Å². The maximum absolute atomic E-state index is 12.6. The smallest absolute Gasteiger partial charge is 0.361 e. The molecule has 2 aromatic heterocycles. The molecule has 3 rings (SSSR count). The van der Waals surface area contributed by atoms with Crippen molar-refractivity contribution < 1.29 is 17.7 Å². The van der Waals surface area contributed by atoms with Crippen LogP contribution in [0.2, 0.25) is 0 Å². The molecular weight excluding hydrogens is 337 g/mol. The summed E-state index contributed by atoms with van der Waals surface area (Å²) in [5.41, 5.74) is -0.751. The van der Waals surface area contributed by atoms with E-state index in [9.17, 15) is 18.0 Å². The molecule has 9 heteroatoms. The van der Waals surface area contributed by atoms with Crippen molar-refractivity contribution in [2.24, 2.45) is 5.92 Å². The van der Waals surface area contributed by atoms with Gasteiger partial charge >= 0.3 is 6.18 Å². The Morgan fingerprint density at radius 1 is 1.32 bits per heavy atom. The van der Waals surface area contributed by atoms with Crippen LogP contribution in [0.1, 0.15) is 29.9 Å². The molecule has 6 nitrogen and oxygen atoms in total. The summed E-state index contributed by atoms with van der Waals surface area (Å²) >= 11 is 0. The van der Waals surface area contributed by atoms with Gasteiger partial charge in [-0.1, -0.05) is 5.16 Å². The van der Waals surface area contributed by atoms with Gasteiger partial charge in [0.25, 0.3) is 5.56 Å². The Morgan fingerprint density at radius 3 is 2.60 bits per heavy atom. The Kier molecular flexibility index (Phi) is 4.94. The summed E-state index contributed by atoms with van der Waals surface area (Å²) in [6.45, 7) is 4.75. The molecule has 0 amide bonds. The maximum atomic E-state index is 12.6. The van der Waals surface area contributed by atoms with E-state index in [1.165, 1.54) is 4.57 Å². The Morgan fingerprint density at radius 2 is 2.04 bits per heavy atom. The van der Waals surface area contributed by atoms with E-state index in [0.717, 1.165) is 50.1 Å². The third kappa shape index (κ3) is 4.28. The van der Waals surface area contributed by atoms with Crippen LogP contribution in [0.5, 0.6) is 0 Å². The molecule has 1 aliphatic rings. The lowest BCUT2D eigenvalue weighted by Crippen LogP contribution is -2.36. The molecule has 136 valence electrons. The first-order valence-electron chi connectivity index (χ1n) is 8.09. The average molecular weight is 356 g/mol. The predicted molar refractivity (Wildman–Crippen MR) is 82.7 cm³/mol. The van der Waals surface area contributed by atoms with Crippen LogP contribution in [-0.4, -0.2) is 32.7 Å². The largest absolute Gasteiger partial charge is 0.433 e. The van der Waals surface area contributed by atoms with Gasteiger partial charge in [-0.3, -0.25) is 14.3 Å². The summed E-state index contributed by atoms with van der Waals surface area (Å²) in [4.78, 5) is 17.5. The summed E-state index contributed by atoms with van der Waals surface area (Å²) in [5, 5.41) is 3.77. The Bertz CT molecular complexity index is 776. The number of rotatable bonds is 4. The third-order valence-corrected chi connectivity index (χ3v) is 4.58.